The number of likely N-dealkylation sites (N-methyl/N-ethyl adjacent to an activating group) is 2. The van der Waals surface area contributed by atoms with Gasteiger partial charge in [-0.05, 0) is 25.1 Å². The molecule has 0 aliphatic rings. The van der Waals surface area contributed by atoms with Gasteiger partial charge in [0, 0.05) is 26.6 Å². The van der Waals surface area contributed by atoms with Crippen LogP contribution in [0.1, 0.15) is 12.0 Å². The summed E-state index contributed by atoms with van der Waals surface area (Å²) in [6.45, 7) is 1.21. The number of hydrogen-bond acceptors (Lipinski definition) is 3. The number of hydrogen-bond donors (Lipinski definition) is 1. The van der Waals surface area contributed by atoms with Gasteiger partial charge in [0.25, 0.3) is 0 Å². The molecule has 0 radical (unpaired) electrons. The van der Waals surface area contributed by atoms with Crippen molar-refractivity contribution in [2.45, 2.75) is 19.2 Å². The van der Waals surface area contributed by atoms with Crippen molar-refractivity contribution in [1.29, 1.82) is 0 Å². The molecule has 0 heterocycles. The molecular formula is C14H19F3N2O2. The van der Waals surface area contributed by atoms with E-state index in [1.165, 1.54) is 18.2 Å². The Bertz CT molecular complexity index is 464. The first-order chi connectivity index (χ1) is 9.83. The number of rotatable bonds is 7. The monoisotopic (exact) mass is 304 g/mol. The van der Waals surface area contributed by atoms with Crippen LogP contribution in [0, 0.1) is 0 Å². The van der Waals surface area contributed by atoms with Gasteiger partial charge in [-0.1, -0.05) is 18.2 Å². The van der Waals surface area contributed by atoms with E-state index < -0.39 is 6.36 Å². The molecule has 1 aromatic carbocycles. The van der Waals surface area contributed by atoms with E-state index in [2.05, 4.69) is 10.1 Å². The number of carbonyl (C=O) groups is 1. The molecule has 4 nitrogen and oxygen atoms in total. The summed E-state index contributed by atoms with van der Waals surface area (Å²) in [5.41, 5.74) is 0.366. The van der Waals surface area contributed by atoms with E-state index in [1.807, 2.05) is 0 Å². The van der Waals surface area contributed by atoms with Gasteiger partial charge in [0.05, 0.1) is 0 Å². The van der Waals surface area contributed by atoms with Gasteiger partial charge < -0.3 is 15.0 Å². The summed E-state index contributed by atoms with van der Waals surface area (Å²) >= 11 is 0. The minimum absolute atomic E-state index is 0.118. The van der Waals surface area contributed by atoms with Crippen LogP contribution in [-0.4, -0.2) is 44.4 Å². The zero-order chi connectivity index (χ0) is 15.9. The molecule has 7 heteroatoms. The Hall–Kier alpha value is -1.76. The Morgan fingerprint density at radius 1 is 1.33 bits per heavy atom. The summed E-state index contributed by atoms with van der Waals surface area (Å²) in [7, 11) is 3.45. The molecule has 0 bridgehead atoms. The van der Waals surface area contributed by atoms with Crippen molar-refractivity contribution in [1.82, 2.24) is 10.2 Å². The fraction of sp³-hybridized carbons (Fsp3) is 0.500. The van der Waals surface area contributed by atoms with Crippen LogP contribution < -0.4 is 10.1 Å². The number of carbonyl (C=O) groups excluding carboxylic acids is 1. The predicted octanol–water partition coefficient (Wildman–Crippen LogP) is 2.20. The summed E-state index contributed by atoms with van der Waals surface area (Å²) in [6, 6.07) is 5.86. The normalized spacial score (nSPS) is 11.3. The van der Waals surface area contributed by atoms with Crippen molar-refractivity contribution in [3.8, 4) is 5.75 Å². The molecule has 0 atom stereocenters. The van der Waals surface area contributed by atoms with Crippen molar-refractivity contribution in [3.63, 3.8) is 0 Å². The first-order valence-corrected chi connectivity index (χ1v) is 6.55. The largest absolute Gasteiger partial charge is 0.573 e. The van der Waals surface area contributed by atoms with E-state index in [1.54, 1.807) is 25.1 Å². The standard InChI is InChI=1S/C14H19F3N2O2/c1-18-9-10-19(2)13(20)8-7-11-5-3-4-6-12(11)21-14(15,16)17/h3-6,18H,7-10H2,1-2H3. The molecule has 21 heavy (non-hydrogen) atoms. The van der Waals surface area contributed by atoms with Crippen LogP contribution in [-0.2, 0) is 11.2 Å². The summed E-state index contributed by atoms with van der Waals surface area (Å²) < 4.78 is 40.8. The maximum atomic E-state index is 12.3. The third-order valence-electron chi connectivity index (χ3n) is 2.93. The second kappa shape index (κ2) is 7.87. The number of benzene rings is 1. The number of halogens is 3. The maximum Gasteiger partial charge on any atom is 0.573 e. The first kappa shape index (κ1) is 17.3. The van der Waals surface area contributed by atoms with E-state index in [0.29, 0.717) is 18.7 Å². The molecule has 0 unspecified atom stereocenters. The average molecular weight is 304 g/mol. The topological polar surface area (TPSA) is 41.6 Å². The lowest BCUT2D eigenvalue weighted by molar-refractivity contribution is -0.274. The highest BCUT2D eigenvalue weighted by atomic mass is 19.4. The van der Waals surface area contributed by atoms with Gasteiger partial charge in [-0.25, -0.2) is 0 Å². The Balaban J connectivity index is 2.61. The molecule has 1 N–H and O–H groups in total. The number of aryl methyl sites for hydroxylation is 1. The van der Waals surface area contributed by atoms with Crippen LogP contribution in [0.3, 0.4) is 0 Å². The lowest BCUT2D eigenvalue weighted by Crippen LogP contribution is -2.32. The number of para-hydroxylation sites is 1. The summed E-state index contributed by atoms with van der Waals surface area (Å²) in [6.07, 6.45) is -4.39. The second-order valence-electron chi connectivity index (χ2n) is 4.57. The van der Waals surface area contributed by atoms with Gasteiger partial charge >= 0.3 is 6.36 Å². The number of nitrogens with one attached hydrogen (secondary N) is 1. The molecule has 1 amide bonds. The van der Waals surface area contributed by atoms with Crippen molar-refractivity contribution in [2.75, 3.05) is 27.2 Å². The highest BCUT2D eigenvalue weighted by molar-refractivity contribution is 5.76. The lowest BCUT2D eigenvalue weighted by atomic mass is 10.1. The lowest BCUT2D eigenvalue weighted by Gasteiger charge is -2.17. The SMILES string of the molecule is CNCCN(C)C(=O)CCc1ccccc1OC(F)(F)F. The van der Waals surface area contributed by atoms with Crippen LogP contribution in [0.25, 0.3) is 0 Å². The van der Waals surface area contributed by atoms with E-state index in [9.17, 15) is 18.0 Å². The van der Waals surface area contributed by atoms with Gasteiger partial charge in [-0.3, -0.25) is 4.79 Å². The van der Waals surface area contributed by atoms with E-state index >= 15 is 0 Å². The molecule has 1 rings (SSSR count). The van der Waals surface area contributed by atoms with Gasteiger partial charge in [0.2, 0.25) is 5.91 Å². The van der Waals surface area contributed by atoms with Crippen molar-refractivity contribution in [3.05, 3.63) is 29.8 Å². The molecule has 0 aliphatic heterocycles. The van der Waals surface area contributed by atoms with Crippen LogP contribution in [0.5, 0.6) is 5.75 Å². The van der Waals surface area contributed by atoms with Crippen molar-refractivity contribution in [2.24, 2.45) is 0 Å². The minimum Gasteiger partial charge on any atom is -0.406 e. The zero-order valence-electron chi connectivity index (χ0n) is 12.0. The average Bonchev–Trinajstić information content (AvgIpc) is 2.41. The van der Waals surface area contributed by atoms with Gasteiger partial charge in [0.15, 0.2) is 0 Å². The number of nitrogens with zero attached hydrogens (tertiary/aromatic N) is 1. The van der Waals surface area contributed by atoms with Crippen LogP contribution in [0.2, 0.25) is 0 Å². The third kappa shape index (κ3) is 6.48. The molecule has 118 valence electrons. The van der Waals surface area contributed by atoms with E-state index in [-0.39, 0.29) is 24.5 Å². The van der Waals surface area contributed by atoms with Gasteiger partial charge in [0.1, 0.15) is 5.75 Å². The quantitative estimate of drug-likeness (QED) is 0.839. The molecule has 0 fully saturated rings. The molecular weight excluding hydrogens is 285 g/mol. The van der Waals surface area contributed by atoms with Crippen molar-refractivity contribution >= 4 is 5.91 Å². The van der Waals surface area contributed by atoms with E-state index in [0.717, 1.165) is 0 Å². The smallest absolute Gasteiger partial charge is 0.406 e. The highest BCUT2D eigenvalue weighted by Gasteiger charge is 2.31. The molecule has 0 aliphatic carbocycles. The molecule has 0 saturated heterocycles. The third-order valence-corrected chi connectivity index (χ3v) is 2.93. The Kier molecular flexibility index (Phi) is 6.48. The van der Waals surface area contributed by atoms with Crippen LogP contribution >= 0.6 is 0 Å². The van der Waals surface area contributed by atoms with Gasteiger partial charge in [-0.2, -0.15) is 0 Å². The van der Waals surface area contributed by atoms with Crippen LogP contribution in [0.4, 0.5) is 13.2 Å². The number of amides is 1. The van der Waals surface area contributed by atoms with E-state index in [4.69, 9.17) is 0 Å². The molecule has 1 aromatic rings. The highest BCUT2D eigenvalue weighted by Crippen LogP contribution is 2.27. The maximum absolute atomic E-state index is 12.3. The number of alkyl halides is 3. The minimum atomic E-state index is -4.73. The Morgan fingerprint density at radius 3 is 2.62 bits per heavy atom. The molecule has 0 saturated carbocycles. The fourth-order valence-electron chi connectivity index (χ4n) is 1.77. The summed E-state index contributed by atoms with van der Waals surface area (Å²) in [4.78, 5) is 13.4. The summed E-state index contributed by atoms with van der Waals surface area (Å²) in [5, 5.41) is 2.92. The fourth-order valence-corrected chi connectivity index (χ4v) is 1.77. The predicted molar refractivity (Wildman–Crippen MR) is 73.0 cm³/mol. The summed E-state index contributed by atoms with van der Waals surface area (Å²) in [5.74, 6) is -0.372. The number of ether oxygens (including phenoxy) is 1. The van der Waals surface area contributed by atoms with Crippen molar-refractivity contribution < 1.29 is 22.7 Å². The Labute approximate surface area is 121 Å². The van der Waals surface area contributed by atoms with Crippen LogP contribution in [0.15, 0.2) is 24.3 Å². The Morgan fingerprint density at radius 2 is 2.00 bits per heavy atom. The zero-order valence-corrected chi connectivity index (χ0v) is 12.0. The molecule has 0 aromatic heterocycles. The second-order valence-corrected chi connectivity index (χ2v) is 4.57. The molecule has 0 spiro atoms. The first-order valence-electron chi connectivity index (χ1n) is 6.55. The van der Waals surface area contributed by atoms with Gasteiger partial charge in [-0.15, -0.1) is 13.2 Å².